The topological polar surface area (TPSA) is 133 Å². The zero-order valence-electron chi connectivity index (χ0n) is 14.1. The number of Topliss-reactive ketones (excluding diaryl/α,β-unsaturated/α-hetero) is 1. The first-order chi connectivity index (χ1) is 11.2. The number of hydrogen-bond donors (Lipinski definition) is 2. The SMILES string of the molecule is CCCC(CCC)S(=O)(=O)CC(N)(C(N)=O)C(=O)c1cccnc1. The molecule has 7 nitrogen and oxygen atoms in total. The van der Waals surface area contributed by atoms with Crippen LogP contribution in [0.5, 0.6) is 0 Å². The lowest BCUT2D eigenvalue weighted by atomic mass is 9.92. The highest BCUT2D eigenvalue weighted by Gasteiger charge is 2.46. The van der Waals surface area contributed by atoms with Gasteiger partial charge < -0.3 is 11.5 Å². The van der Waals surface area contributed by atoms with Gasteiger partial charge in [-0.05, 0) is 25.0 Å². The molecule has 0 fully saturated rings. The van der Waals surface area contributed by atoms with Crippen LogP contribution in [0.3, 0.4) is 0 Å². The lowest BCUT2D eigenvalue weighted by Crippen LogP contribution is -2.63. The largest absolute Gasteiger partial charge is 0.368 e. The van der Waals surface area contributed by atoms with Crippen molar-refractivity contribution in [2.24, 2.45) is 11.5 Å². The second kappa shape index (κ2) is 8.34. The Morgan fingerprint density at radius 1 is 1.25 bits per heavy atom. The molecule has 0 aliphatic heterocycles. The molecule has 0 aliphatic rings. The molecular formula is C16H25N3O4S. The van der Waals surface area contributed by atoms with E-state index in [0.29, 0.717) is 25.7 Å². The lowest BCUT2D eigenvalue weighted by Gasteiger charge is -2.27. The van der Waals surface area contributed by atoms with Gasteiger partial charge in [-0.15, -0.1) is 0 Å². The molecule has 4 N–H and O–H groups in total. The van der Waals surface area contributed by atoms with Gasteiger partial charge in [0.15, 0.2) is 21.2 Å². The lowest BCUT2D eigenvalue weighted by molar-refractivity contribution is -0.120. The molecule has 1 unspecified atom stereocenters. The summed E-state index contributed by atoms with van der Waals surface area (Å²) in [5.74, 6) is -2.79. The average molecular weight is 355 g/mol. The number of aromatic nitrogens is 1. The summed E-state index contributed by atoms with van der Waals surface area (Å²) in [6.07, 6.45) is 4.94. The third kappa shape index (κ3) is 4.61. The van der Waals surface area contributed by atoms with Crippen molar-refractivity contribution in [1.82, 2.24) is 4.98 Å². The molecule has 0 aliphatic carbocycles. The van der Waals surface area contributed by atoms with Crippen LogP contribution in [0.15, 0.2) is 24.5 Å². The van der Waals surface area contributed by atoms with Crippen LogP contribution in [0.2, 0.25) is 0 Å². The second-order valence-electron chi connectivity index (χ2n) is 5.91. The van der Waals surface area contributed by atoms with E-state index >= 15 is 0 Å². The van der Waals surface area contributed by atoms with E-state index in [4.69, 9.17) is 11.5 Å². The Labute approximate surface area is 142 Å². The van der Waals surface area contributed by atoms with Crippen molar-refractivity contribution < 1.29 is 18.0 Å². The van der Waals surface area contributed by atoms with Gasteiger partial charge in [0.1, 0.15) is 0 Å². The second-order valence-corrected chi connectivity index (χ2v) is 8.19. The molecule has 1 atom stereocenters. The van der Waals surface area contributed by atoms with Crippen molar-refractivity contribution >= 4 is 21.5 Å². The summed E-state index contributed by atoms with van der Waals surface area (Å²) in [6, 6.07) is 2.92. The molecule has 0 radical (unpaired) electrons. The summed E-state index contributed by atoms with van der Waals surface area (Å²) in [4.78, 5) is 28.2. The number of ketones is 1. The Morgan fingerprint density at radius 2 is 1.83 bits per heavy atom. The number of nitrogens with zero attached hydrogens (tertiary/aromatic N) is 1. The molecule has 1 aromatic heterocycles. The van der Waals surface area contributed by atoms with E-state index in [1.54, 1.807) is 0 Å². The molecule has 1 rings (SSSR count). The van der Waals surface area contributed by atoms with Crippen LogP contribution in [-0.4, -0.2) is 41.6 Å². The number of hydrogen-bond acceptors (Lipinski definition) is 6. The number of sulfone groups is 1. The fourth-order valence-electron chi connectivity index (χ4n) is 2.59. The Balaban J connectivity index is 3.20. The smallest absolute Gasteiger partial charge is 0.246 e. The van der Waals surface area contributed by atoms with Crippen LogP contribution < -0.4 is 11.5 Å². The van der Waals surface area contributed by atoms with Crippen LogP contribution in [0.25, 0.3) is 0 Å². The quantitative estimate of drug-likeness (QED) is 0.472. The normalized spacial score (nSPS) is 14.3. The van der Waals surface area contributed by atoms with Crippen LogP contribution in [0.4, 0.5) is 0 Å². The Kier molecular flexibility index (Phi) is 7.04. The van der Waals surface area contributed by atoms with Gasteiger partial charge in [0.25, 0.3) is 0 Å². The minimum atomic E-state index is -3.77. The molecule has 0 spiro atoms. The van der Waals surface area contributed by atoms with E-state index in [1.165, 1.54) is 24.5 Å². The molecule has 1 heterocycles. The monoisotopic (exact) mass is 355 g/mol. The third-order valence-electron chi connectivity index (χ3n) is 3.93. The van der Waals surface area contributed by atoms with Crippen molar-refractivity contribution in [2.75, 3.05) is 5.75 Å². The van der Waals surface area contributed by atoms with Gasteiger partial charge in [0, 0.05) is 18.0 Å². The Morgan fingerprint density at radius 3 is 2.25 bits per heavy atom. The average Bonchev–Trinajstić information content (AvgIpc) is 2.54. The van der Waals surface area contributed by atoms with Crippen LogP contribution in [0, 0.1) is 0 Å². The van der Waals surface area contributed by atoms with Gasteiger partial charge in [0.2, 0.25) is 5.91 Å². The summed E-state index contributed by atoms with van der Waals surface area (Å²) in [5.41, 5.74) is 8.94. The number of nitrogens with two attached hydrogens (primary N) is 2. The van der Waals surface area contributed by atoms with Gasteiger partial charge >= 0.3 is 0 Å². The molecule has 0 saturated heterocycles. The summed E-state index contributed by atoms with van der Waals surface area (Å²) in [5, 5.41) is -0.642. The first-order valence-electron chi connectivity index (χ1n) is 7.94. The third-order valence-corrected chi connectivity index (χ3v) is 6.27. The maximum atomic E-state index is 12.7. The number of carbonyl (C=O) groups excluding carboxylic acids is 2. The Bertz CT molecular complexity index is 670. The predicted octanol–water partition coefficient (Wildman–Crippen LogP) is 0.831. The van der Waals surface area contributed by atoms with E-state index in [0.717, 1.165) is 0 Å². The van der Waals surface area contributed by atoms with Gasteiger partial charge in [-0.3, -0.25) is 14.6 Å². The standard InChI is InChI=1S/C16H25N3O4S/c1-3-6-13(7-4-2)24(22,23)11-16(18,15(17)21)14(20)12-8-5-9-19-10-12/h5,8-10,13H,3-4,6-7,11,18H2,1-2H3,(H2,17,21). The number of primary amides is 1. The molecule has 134 valence electrons. The maximum Gasteiger partial charge on any atom is 0.246 e. The fraction of sp³-hybridized carbons (Fsp3) is 0.562. The van der Waals surface area contributed by atoms with E-state index in [9.17, 15) is 18.0 Å². The van der Waals surface area contributed by atoms with Gasteiger partial charge in [-0.1, -0.05) is 26.7 Å². The first kappa shape index (κ1) is 20.2. The summed E-state index contributed by atoms with van der Waals surface area (Å²) in [6.45, 7) is 3.76. The van der Waals surface area contributed by atoms with Crippen LogP contribution in [0.1, 0.15) is 49.9 Å². The summed E-state index contributed by atoms with van der Waals surface area (Å²) >= 11 is 0. The number of rotatable bonds is 10. The molecule has 0 bridgehead atoms. The summed E-state index contributed by atoms with van der Waals surface area (Å²) < 4.78 is 25.4. The van der Waals surface area contributed by atoms with Crippen LogP contribution >= 0.6 is 0 Å². The Hall–Kier alpha value is -1.80. The predicted molar refractivity (Wildman–Crippen MR) is 92.1 cm³/mol. The van der Waals surface area contributed by atoms with Crippen molar-refractivity contribution in [1.29, 1.82) is 0 Å². The van der Waals surface area contributed by atoms with E-state index in [1.807, 2.05) is 13.8 Å². The maximum absolute atomic E-state index is 12.7. The zero-order valence-corrected chi connectivity index (χ0v) is 14.9. The zero-order chi connectivity index (χ0) is 18.4. The van der Waals surface area contributed by atoms with Gasteiger partial charge in [-0.25, -0.2) is 8.42 Å². The summed E-state index contributed by atoms with van der Waals surface area (Å²) in [7, 11) is -3.77. The molecule has 0 saturated carbocycles. The van der Waals surface area contributed by atoms with Crippen molar-refractivity contribution in [3.8, 4) is 0 Å². The number of pyridine rings is 1. The highest BCUT2D eigenvalue weighted by atomic mass is 32.2. The van der Waals surface area contributed by atoms with Crippen LogP contribution in [-0.2, 0) is 14.6 Å². The molecule has 1 aromatic rings. The van der Waals surface area contributed by atoms with E-state index < -0.39 is 38.1 Å². The minimum Gasteiger partial charge on any atom is -0.368 e. The molecule has 1 amide bonds. The first-order valence-corrected chi connectivity index (χ1v) is 9.65. The fourth-order valence-corrected chi connectivity index (χ4v) is 4.92. The van der Waals surface area contributed by atoms with Crippen molar-refractivity contribution in [3.05, 3.63) is 30.1 Å². The highest BCUT2D eigenvalue weighted by Crippen LogP contribution is 2.21. The number of amides is 1. The number of carbonyl (C=O) groups is 2. The van der Waals surface area contributed by atoms with Gasteiger partial charge in [-0.2, -0.15) is 0 Å². The molecule has 0 aromatic carbocycles. The van der Waals surface area contributed by atoms with Crippen molar-refractivity contribution in [2.45, 2.75) is 50.3 Å². The van der Waals surface area contributed by atoms with Gasteiger partial charge in [0.05, 0.1) is 11.0 Å². The molecule has 24 heavy (non-hydrogen) atoms. The van der Waals surface area contributed by atoms with E-state index in [-0.39, 0.29) is 5.56 Å². The van der Waals surface area contributed by atoms with Crippen molar-refractivity contribution in [3.63, 3.8) is 0 Å². The van der Waals surface area contributed by atoms with E-state index in [2.05, 4.69) is 4.98 Å². The molecule has 8 heteroatoms. The highest BCUT2D eigenvalue weighted by molar-refractivity contribution is 7.92. The molecular weight excluding hydrogens is 330 g/mol. The minimum absolute atomic E-state index is 0.0523.